The highest BCUT2D eigenvalue weighted by atomic mass is 19.4. The number of hydrogen-bond acceptors (Lipinski definition) is 6. The third kappa shape index (κ3) is 6.42. The summed E-state index contributed by atoms with van der Waals surface area (Å²) in [4.78, 5) is 39.5. The second kappa shape index (κ2) is 9.56. The van der Waals surface area contributed by atoms with Gasteiger partial charge in [0.1, 0.15) is 11.8 Å². The van der Waals surface area contributed by atoms with Gasteiger partial charge < -0.3 is 15.7 Å². The Morgan fingerprint density at radius 1 is 1.12 bits per heavy atom. The van der Waals surface area contributed by atoms with Gasteiger partial charge in [0.25, 0.3) is 0 Å². The number of alkyl halides is 3. The van der Waals surface area contributed by atoms with Crippen LogP contribution in [0.1, 0.15) is 40.9 Å². The minimum absolute atomic E-state index is 0.0242. The van der Waals surface area contributed by atoms with Crippen LogP contribution in [0.5, 0.6) is 0 Å². The molecule has 3 rings (SSSR count). The maximum Gasteiger partial charge on any atom is 0.418 e. The number of carboxylic acid groups (broad SMARTS) is 1. The number of pyridine rings is 1. The summed E-state index contributed by atoms with van der Waals surface area (Å²) in [6, 6.07) is 5.78. The van der Waals surface area contributed by atoms with E-state index in [0.717, 1.165) is 18.9 Å². The number of hydrogen-bond donors (Lipinski definition) is 4. The number of Topliss-reactive ketones (excluding diaryl/α,β-unsaturated/α-hetero) is 1. The van der Waals surface area contributed by atoms with Gasteiger partial charge in [-0.25, -0.2) is 9.78 Å². The largest absolute Gasteiger partial charge is 0.465 e. The molecule has 0 spiro atoms. The predicted octanol–water partition coefficient (Wildman–Crippen LogP) is 4.10. The van der Waals surface area contributed by atoms with Crippen molar-refractivity contribution in [1.29, 1.82) is 5.26 Å². The van der Waals surface area contributed by atoms with Crippen molar-refractivity contribution in [1.82, 2.24) is 4.98 Å². The van der Waals surface area contributed by atoms with Gasteiger partial charge in [0.15, 0.2) is 5.78 Å². The number of nitriles is 1. The Bertz CT molecular complexity index is 1140. The van der Waals surface area contributed by atoms with E-state index in [4.69, 9.17) is 10.4 Å². The molecule has 9 nitrogen and oxygen atoms in total. The van der Waals surface area contributed by atoms with E-state index >= 15 is 0 Å². The quantitative estimate of drug-likeness (QED) is 0.342. The van der Waals surface area contributed by atoms with E-state index in [2.05, 4.69) is 15.6 Å². The second-order valence-electron chi connectivity index (χ2n) is 7.39. The molecule has 0 unspecified atom stereocenters. The van der Waals surface area contributed by atoms with Crippen LogP contribution in [0.15, 0.2) is 30.5 Å². The summed E-state index contributed by atoms with van der Waals surface area (Å²) >= 11 is 0. The van der Waals surface area contributed by atoms with Gasteiger partial charge in [-0.2, -0.15) is 18.4 Å². The molecule has 4 N–H and O–H groups in total. The number of ketones is 1. The minimum atomic E-state index is -4.78. The van der Waals surface area contributed by atoms with E-state index < -0.39 is 41.6 Å². The molecule has 0 aliphatic heterocycles. The standard InChI is InChI=1S/C21H18F3N5O4/c22-21(23,24)14-6-16(17(29-20(32)33)7-15(14)27-10-11-1-2-11)28-19(31)8-18(30)12-3-4-26-13(5-12)9-25/h3-7,11,27,29H,1-2,8,10H2,(H,28,31)(H,32,33). The van der Waals surface area contributed by atoms with Gasteiger partial charge in [0, 0.05) is 24.0 Å². The number of benzene rings is 1. The van der Waals surface area contributed by atoms with Crippen molar-refractivity contribution in [3.63, 3.8) is 0 Å². The molecule has 1 saturated carbocycles. The van der Waals surface area contributed by atoms with Crippen molar-refractivity contribution < 1.29 is 32.7 Å². The molecule has 1 aliphatic rings. The van der Waals surface area contributed by atoms with E-state index in [1.54, 1.807) is 6.07 Å². The molecule has 0 bridgehead atoms. The zero-order valence-electron chi connectivity index (χ0n) is 17.0. The second-order valence-corrected chi connectivity index (χ2v) is 7.39. The Hall–Kier alpha value is -4.14. The molecular formula is C21H18F3N5O4. The number of carbonyl (C=O) groups excluding carboxylic acids is 2. The lowest BCUT2D eigenvalue weighted by Crippen LogP contribution is -2.20. The first kappa shape index (κ1) is 23.5. The molecule has 1 aromatic carbocycles. The summed E-state index contributed by atoms with van der Waals surface area (Å²) < 4.78 is 40.9. The van der Waals surface area contributed by atoms with Gasteiger partial charge in [0.2, 0.25) is 5.91 Å². The number of nitrogens with one attached hydrogen (secondary N) is 3. The van der Waals surface area contributed by atoms with Crippen molar-refractivity contribution in [2.24, 2.45) is 5.92 Å². The highest BCUT2D eigenvalue weighted by Crippen LogP contribution is 2.41. The average Bonchev–Trinajstić information content (AvgIpc) is 3.57. The number of carbonyl (C=O) groups is 3. The summed E-state index contributed by atoms with van der Waals surface area (Å²) in [6.07, 6.45) is -4.08. The van der Waals surface area contributed by atoms with Gasteiger partial charge in [-0.1, -0.05) is 0 Å². The average molecular weight is 461 g/mol. The molecule has 12 heteroatoms. The number of amides is 2. The molecule has 0 radical (unpaired) electrons. The van der Waals surface area contributed by atoms with Crippen LogP contribution in [-0.2, 0) is 11.0 Å². The zero-order valence-corrected chi connectivity index (χ0v) is 17.0. The van der Waals surface area contributed by atoms with Crippen LogP contribution in [0.3, 0.4) is 0 Å². The van der Waals surface area contributed by atoms with E-state index in [0.29, 0.717) is 12.6 Å². The van der Waals surface area contributed by atoms with E-state index in [1.807, 2.05) is 5.32 Å². The van der Waals surface area contributed by atoms with Gasteiger partial charge >= 0.3 is 12.3 Å². The zero-order chi connectivity index (χ0) is 24.2. The maximum atomic E-state index is 13.6. The molecule has 2 aromatic rings. The van der Waals surface area contributed by atoms with Crippen LogP contribution >= 0.6 is 0 Å². The van der Waals surface area contributed by atoms with Crippen LogP contribution in [0.25, 0.3) is 0 Å². The SMILES string of the molecule is N#Cc1cc(C(=O)CC(=O)Nc2cc(C(F)(F)F)c(NCC3CC3)cc2NC(=O)O)ccn1. The first-order valence-corrected chi connectivity index (χ1v) is 9.75. The van der Waals surface area contributed by atoms with Crippen LogP contribution in [0, 0.1) is 17.2 Å². The normalized spacial score (nSPS) is 13.0. The number of rotatable bonds is 8. The fourth-order valence-corrected chi connectivity index (χ4v) is 2.99. The molecule has 1 aromatic heterocycles. The molecule has 172 valence electrons. The fraction of sp³-hybridized carbons (Fsp3) is 0.286. The van der Waals surface area contributed by atoms with E-state index in [9.17, 15) is 27.6 Å². The van der Waals surface area contributed by atoms with E-state index in [-0.39, 0.29) is 28.6 Å². The highest BCUT2D eigenvalue weighted by Gasteiger charge is 2.35. The minimum Gasteiger partial charge on any atom is -0.465 e. The maximum absolute atomic E-state index is 13.6. The summed E-state index contributed by atoms with van der Waals surface area (Å²) in [6.45, 7) is 0.298. The molecule has 1 heterocycles. The Morgan fingerprint density at radius 3 is 2.42 bits per heavy atom. The third-order valence-electron chi connectivity index (χ3n) is 4.77. The van der Waals surface area contributed by atoms with Crippen molar-refractivity contribution in [3.8, 4) is 6.07 Å². The van der Waals surface area contributed by atoms with Crippen LogP contribution in [0.2, 0.25) is 0 Å². The monoisotopic (exact) mass is 461 g/mol. The van der Waals surface area contributed by atoms with Crippen molar-refractivity contribution in [3.05, 3.63) is 47.3 Å². The molecule has 1 fully saturated rings. The van der Waals surface area contributed by atoms with Crippen molar-refractivity contribution in [2.75, 3.05) is 22.5 Å². The number of halogens is 3. The summed E-state index contributed by atoms with van der Waals surface area (Å²) in [5, 5.41) is 24.7. The molecular weight excluding hydrogens is 443 g/mol. The van der Waals surface area contributed by atoms with Crippen molar-refractivity contribution in [2.45, 2.75) is 25.4 Å². The summed E-state index contributed by atoms with van der Waals surface area (Å²) in [5.74, 6) is -1.41. The van der Waals surface area contributed by atoms with Crippen LogP contribution < -0.4 is 16.0 Å². The summed E-state index contributed by atoms with van der Waals surface area (Å²) in [7, 11) is 0. The smallest absolute Gasteiger partial charge is 0.418 e. The lowest BCUT2D eigenvalue weighted by Gasteiger charge is -2.19. The van der Waals surface area contributed by atoms with Gasteiger partial charge in [-0.05, 0) is 43.0 Å². The summed E-state index contributed by atoms with van der Waals surface area (Å²) in [5.41, 5.74) is -2.17. The highest BCUT2D eigenvalue weighted by molar-refractivity contribution is 6.12. The predicted molar refractivity (Wildman–Crippen MR) is 111 cm³/mol. The molecule has 1 aliphatic carbocycles. The fourth-order valence-electron chi connectivity index (χ4n) is 2.99. The van der Waals surface area contributed by atoms with Crippen molar-refractivity contribution >= 4 is 34.8 Å². The molecule has 2 amide bonds. The Morgan fingerprint density at radius 2 is 1.82 bits per heavy atom. The molecule has 0 atom stereocenters. The first-order chi connectivity index (χ1) is 15.6. The lowest BCUT2D eigenvalue weighted by atomic mass is 10.1. The number of aromatic nitrogens is 1. The lowest BCUT2D eigenvalue weighted by molar-refractivity contribution is -0.137. The number of anilines is 3. The van der Waals surface area contributed by atoms with Gasteiger partial charge in [-0.15, -0.1) is 0 Å². The molecule has 0 saturated heterocycles. The van der Waals surface area contributed by atoms with Crippen LogP contribution in [-0.4, -0.2) is 34.4 Å². The van der Waals surface area contributed by atoms with Gasteiger partial charge in [0.05, 0.1) is 23.4 Å². The first-order valence-electron chi connectivity index (χ1n) is 9.75. The molecule has 33 heavy (non-hydrogen) atoms. The Labute approximate surface area is 185 Å². The van der Waals surface area contributed by atoms with E-state index in [1.165, 1.54) is 18.3 Å². The van der Waals surface area contributed by atoms with Crippen LogP contribution in [0.4, 0.5) is 35.0 Å². The van der Waals surface area contributed by atoms with Gasteiger partial charge in [-0.3, -0.25) is 14.9 Å². The Balaban J connectivity index is 1.85. The number of nitrogens with zero attached hydrogens (tertiary/aromatic N) is 2. The third-order valence-corrected chi connectivity index (χ3v) is 4.77. The topological polar surface area (TPSA) is 144 Å². The Kier molecular flexibility index (Phi) is 6.81.